The molecule has 1 aromatic rings. The zero-order chi connectivity index (χ0) is 16.0. The van der Waals surface area contributed by atoms with E-state index in [0.717, 1.165) is 0 Å². The minimum absolute atomic E-state index is 0.00284. The second kappa shape index (κ2) is 7.53. The van der Waals surface area contributed by atoms with Crippen LogP contribution in [-0.2, 0) is 14.8 Å². The molecule has 0 atom stereocenters. The van der Waals surface area contributed by atoms with Crippen molar-refractivity contribution in [3.8, 4) is 0 Å². The van der Waals surface area contributed by atoms with Crippen LogP contribution in [0, 0.1) is 6.92 Å². The van der Waals surface area contributed by atoms with Gasteiger partial charge in [-0.1, -0.05) is 13.0 Å². The van der Waals surface area contributed by atoms with E-state index in [0.29, 0.717) is 19.8 Å². The van der Waals surface area contributed by atoms with E-state index in [2.05, 4.69) is 0 Å². The van der Waals surface area contributed by atoms with E-state index < -0.39 is 16.0 Å². The highest BCUT2D eigenvalue weighted by Gasteiger charge is 2.26. The molecule has 0 spiro atoms. The average Bonchev–Trinajstić information content (AvgIpc) is 2.43. The van der Waals surface area contributed by atoms with Gasteiger partial charge in [-0.05, 0) is 31.5 Å². The molecule has 0 radical (unpaired) electrons. The Morgan fingerprint density at radius 2 is 2.00 bits per heavy atom. The summed E-state index contributed by atoms with van der Waals surface area (Å²) in [5.74, 6) is -1.14. The van der Waals surface area contributed by atoms with Gasteiger partial charge in [0.1, 0.15) is 0 Å². The summed E-state index contributed by atoms with van der Waals surface area (Å²) in [5.41, 5.74) is 0.247. The molecule has 0 amide bonds. The van der Waals surface area contributed by atoms with Crippen LogP contribution in [0.3, 0.4) is 0 Å². The number of nitrogens with zero attached hydrogens (tertiary/aromatic N) is 1. The molecule has 0 aliphatic carbocycles. The molecule has 0 saturated heterocycles. The summed E-state index contributed by atoms with van der Waals surface area (Å²) >= 11 is 0. The van der Waals surface area contributed by atoms with Gasteiger partial charge in [0.2, 0.25) is 10.0 Å². The Morgan fingerprint density at radius 3 is 2.52 bits per heavy atom. The smallest absolute Gasteiger partial charge is 0.335 e. The maximum atomic E-state index is 12.6. The highest BCUT2D eigenvalue weighted by Crippen LogP contribution is 2.22. The fourth-order valence-corrected chi connectivity index (χ4v) is 3.70. The number of aromatic carboxylic acids is 1. The monoisotopic (exact) mass is 315 g/mol. The second-order valence-corrected chi connectivity index (χ2v) is 6.33. The summed E-state index contributed by atoms with van der Waals surface area (Å²) in [4.78, 5) is 11.2. The summed E-state index contributed by atoms with van der Waals surface area (Å²) < 4.78 is 31.7. The van der Waals surface area contributed by atoms with Crippen molar-refractivity contribution in [2.75, 3.05) is 26.3 Å². The van der Waals surface area contributed by atoms with E-state index >= 15 is 0 Å². The highest BCUT2D eigenvalue weighted by atomic mass is 32.2. The van der Waals surface area contributed by atoms with Gasteiger partial charge in [0.05, 0.1) is 17.1 Å². The van der Waals surface area contributed by atoms with Gasteiger partial charge in [-0.15, -0.1) is 0 Å². The lowest BCUT2D eigenvalue weighted by atomic mass is 10.1. The van der Waals surface area contributed by atoms with Gasteiger partial charge in [-0.25, -0.2) is 13.2 Å². The molecule has 0 bridgehead atoms. The predicted octanol–water partition coefficient (Wildman–Crippen LogP) is 1.74. The molecule has 0 aliphatic rings. The molecule has 21 heavy (non-hydrogen) atoms. The van der Waals surface area contributed by atoms with Crippen molar-refractivity contribution in [2.45, 2.75) is 25.7 Å². The lowest BCUT2D eigenvalue weighted by molar-refractivity contribution is 0.0695. The van der Waals surface area contributed by atoms with Crippen LogP contribution in [0.1, 0.15) is 29.8 Å². The van der Waals surface area contributed by atoms with Gasteiger partial charge in [-0.2, -0.15) is 4.31 Å². The first-order chi connectivity index (χ1) is 9.86. The Labute approximate surface area is 125 Å². The van der Waals surface area contributed by atoms with Gasteiger partial charge in [0.25, 0.3) is 0 Å². The number of likely N-dealkylation sites (N-methyl/N-ethyl adjacent to an activating group) is 1. The van der Waals surface area contributed by atoms with Crippen molar-refractivity contribution >= 4 is 16.0 Å². The molecule has 0 saturated carbocycles. The summed E-state index contributed by atoms with van der Waals surface area (Å²) in [6.45, 7) is 6.44. The second-order valence-electron chi connectivity index (χ2n) is 4.43. The Kier molecular flexibility index (Phi) is 6.32. The van der Waals surface area contributed by atoms with Gasteiger partial charge in [0.15, 0.2) is 0 Å². The molecule has 0 heterocycles. The van der Waals surface area contributed by atoms with Crippen LogP contribution in [0.5, 0.6) is 0 Å². The number of carboxylic acid groups (broad SMARTS) is 1. The molecule has 0 fully saturated rings. The van der Waals surface area contributed by atoms with Gasteiger partial charge < -0.3 is 9.84 Å². The molecule has 1 aromatic carbocycles. The maximum Gasteiger partial charge on any atom is 0.335 e. The van der Waals surface area contributed by atoms with Crippen molar-refractivity contribution in [1.82, 2.24) is 4.31 Å². The third kappa shape index (κ3) is 4.03. The van der Waals surface area contributed by atoms with Crippen LogP contribution in [0.25, 0.3) is 0 Å². The number of hydrogen-bond donors (Lipinski definition) is 1. The van der Waals surface area contributed by atoms with Crippen molar-refractivity contribution in [1.29, 1.82) is 0 Å². The van der Waals surface area contributed by atoms with Crippen molar-refractivity contribution in [2.24, 2.45) is 0 Å². The Hall–Kier alpha value is -1.44. The third-order valence-corrected chi connectivity index (χ3v) is 5.29. The first kappa shape index (κ1) is 17.6. The van der Waals surface area contributed by atoms with E-state index in [9.17, 15) is 13.2 Å². The number of rotatable bonds is 8. The van der Waals surface area contributed by atoms with Crippen LogP contribution >= 0.6 is 0 Å². The summed E-state index contributed by atoms with van der Waals surface area (Å²) in [6.07, 6.45) is 0. The highest BCUT2D eigenvalue weighted by molar-refractivity contribution is 7.89. The van der Waals surface area contributed by atoms with E-state index in [4.69, 9.17) is 9.84 Å². The van der Waals surface area contributed by atoms with Gasteiger partial charge in [-0.3, -0.25) is 0 Å². The molecule has 1 rings (SSSR count). The summed E-state index contributed by atoms with van der Waals surface area (Å²) in [5, 5.41) is 9.10. The number of hydrogen-bond acceptors (Lipinski definition) is 4. The summed E-state index contributed by atoms with van der Waals surface area (Å²) in [7, 11) is -3.73. The average molecular weight is 315 g/mol. The molecular weight excluding hydrogens is 294 g/mol. The number of benzene rings is 1. The molecule has 1 N–H and O–H groups in total. The van der Waals surface area contributed by atoms with Crippen molar-refractivity contribution in [3.63, 3.8) is 0 Å². The minimum Gasteiger partial charge on any atom is -0.478 e. The summed E-state index contributed by atoms with van der Waals surface area (Å²) in [6, 6.07) is 4.27. The standard InChI is InChI=1S/C14H21NO5S/c1-4-15(9-10-20-5-2)21(18,19)13-8-6-7-12(11(13)3)14(16)17/h6-8H,4-5,9-10H2,1-3H3,(H,16,17). The molecule has 0 aliphatic heterocycles. The zero-order valence-electron chi connectivity index (χ0n) is 12.5. The number of sulfonamides is 1. The Bertz CT molecular complexity index is 597. The van der Waals surface area contributed by atoms with E-state index in [-0.39, 0.29) is 22.6 Å². The van der Waals surface area contributed by atoms with Gasteiger partial charge in [0, 0.05) is 19.7 Å². The molecular formula is C14H21NO5S. The number of carboxylic acids is 1. The minimum atomic E-state index is -3.73. The Morgan fingerprint density at radius 1 is 1.33 bits per heavy atom. The molecule has 118 valence electrons. The predicted molar refractivity (Wildman–Crippen MR) is 79.1 cm³/mol. The van der Waals surface area contributed by atoms with Gasteiger partial charge >= 0.3 is 5.97 Å². The van der Waals surface area contributed by atoms with Crippen LogP contribution in [0.4, 0.5) is 0 Å². The van der Waals surface area contributed by atoms with Crippen molar-refractivity contribution < 1.29 is 23.1 Å². The quantitative estimate of drug-likeness (QED) is 0.739. The topological polar surface area (TPSA) is 83.9 Å². The number of ether oxygens (including phenoxy) is 1. The van der Waals surface area contributed by atoms with Crippen LogP contribution in [0.15, 0.2) is 23.1 Å². The largest absolute Gasteiger partial charge is 0.478 e. The normalized spacial score (nSPS) is 11.8. The fraction of sp³-hybridized carbons (Fsp3) is 0.500. The zero-order valence-corrected chi connectivity index (χ0v) is 13.3. The SMILES string of the molecule is CCOCCN(CC)S(=O)(=O)c1cccc(C(=O)O)c1C. The molecule has 0 unspecified atom stereocenters. The van der Waals surface area contributed by atoms with E-state index in [1.807, 2.05) is 6.92 Å². The first-order valence-electron chi connectivity index (χ1n) is 6.77. The van der Waals surface area contributed by atoms with Crippen molar-refractivity contribution in [3.05, 3.63) is 29.3 Å². The number of carbonyl (C=O) groups is 1. The molecule has 6 nitrogen and oxygen atoms in total. The Balaban J connectivity index is 3.17. The lowest BCUT2D eigenvalue weighted by Crippen LogP contribution is -2.34. The fourth-order valence-electron chi connectivity index (χ4n) is 2.02. The molecule has 7 heteroatoms. The lowest BCUT2D eigenvalue weighted by Gasteiger charge is -2.21. The first-order valence-corrected chi connectivity index (χ1v) is 8.21. The van der Waals surface area contributed by atoms with Crippen LogP contribution in [-0.4, -0.2) is 50.1 Å². The van der Waals surface area contributed by atoms with Crippen LogP contribution < -0.4 is 0 Å². The van der Waals surface area contributed by atoms with E-state index in [1.54, 1.807) is 6.92 Å². The maximum absolute atomic E-state index is 12.6. The third-order valence-electron chi connectivity index (χ3n) is 3.17. The molecule has 0 aromatic heterocycles. The van der Waals surface area contributed by atoms with Crippen LogP contribution in [0.2, 0.25) is 0 Å². The van der Waals surface area contributed by atoms with E-state index in [1.165, 1.54) is 29.4 Å².